The number of pyridine rings is 1. The number of aromatic nitrogens is 1. The average Bonchev–Trinajstić information content (AvgIpc) is 3.16. The molecular weight excluding hydrogens is 340 g/mol. The lowest BCUT2D eigenvalue weighted by Crippen LogP contribution is -2.37. The number of hydrogen-bond donors (Lipinski definition) is 0. The first-order valence-corrected chi connectivity index (χ1v) is 10.4. The van der Waals surface area contributed by atoms with Crippen molar-refractivity contribution in [2.75, 3.05) is 13.1 Å². The number of fused-ring (bicyclic) bond motifs is 1. The zero-order valence-corrected chi connectivity index (χ0v) is 14.8. The predicted octanol–water partition coefficient (Wildman–Crippen LogP) is 3.86. The molecule has 0 N–H and O–H groups in total. The van der Waals surface area contributed by atoms with E-state index >= 15 is 0 Å². The van der Waals surface area contributed by atoms with E-state index in [1.807, 2.05) is 6.07 Å². The van der Waals surface area contributed by atoms with Crippen LogP contribution in [0.2, 0.25) is 0 Å². The summed E-state index contributed by atoms with van der Waals surface area (Å²) in [6, 6.07) is 9.30. The second-order valence-electron chi connectivity index (χ2n) is 6.09. The molecule has 1 saturated heterocycles. The summed E-state index contributed by atoms with van der Waals surface area (Å²) < 4.78 is 27.8. The molecule has 1 aliphatic rings. The minimum absolute atomic E-state index is 0.386. The third-order valence-electron chi connectivity index (χ3n) is 4.73. The molecule has 1 aromatic carbocycles. The summed E-state index contributed by atoms with van der Waals surface area (Å²) in [6.07, 6.45) is 5.10. The van der Waals surface area contributed by atoms with E-state index in [-0.39, 0.29) is 0 Å². The van der Waals surface area contributed by atoms with Crippen LogP contribution in [0.15, 0.2) is 58.4 Å². The molecule has 124 valence electrons. The van der Waals surface area contributed by atoms with Gasteiger partial charge in [0.05, 0.1) is 4.90 Å². The zero-order chi connectivity index (χ0) is 16.6. The molecule has 6 heteroatoms. The van der Waals surface area contributed by atoms with Crippen LogP contribution < -0.4 is 0 Å². The smallest absolute Gasteiger partial charge is 0.243 e. The van der Waals surface area contributed by atoms with Crippen molar-refractivity contribution in [3.63, 3.8) is 0 Å². The fourth-order valence-corrected chi connectivity index (χ4v) is 5.82. The fourth-order valence-electron chi connectivity index (χ4n) is 3.39. The van der Waals surface area contributed by atoms with E-state index in [1.165, 1.54) is 5.56 Å². The Morgan fingerprint density at radius 2 is 1.96 bits per heavy atom. The Bertz CT molecular complexity index is 939. The minimum Gasteiger partial charge on any atom is -0.264 e. The molecule has 1 aliphatic heterocycles. The molecular formula is C18H18N2O2S2. The summed E-state index contributed by atoms with van der Waals surface area (Å²) in [6.45, 7) is 1.15. The van der Waals surface area contributed by atoms with Crippen LogP contribution in [0.4, 0.5) is 0 Å². The maximum atomic E-state index is 13.1. The third-order valence-corrected chi connectivity index (χ3v) is 7.39. The van der Waals surface area contributed by atoms with Crippen molar-refractivity contribution in [1.82, 2.24) is 9.29 Å². The van der Waals surface area contributed by atoms with Crippen LogP contribution in [0.5, 0.6) is 0 Å². The number of sulfonamides is 1. The maximum absolute atomic E-state index is 13.1. The highest BCUT2D eigenvalue weighted by Crippen LogP contribution is 2.33. The number of benzene rings is 1. The maximum Gasteiger partial charge on any atom is 0.243 e. The van der Waals surface area contributed by atoms with Crippen molar-refractivity contribution in [3.8, 4) is 0 Å². The van der Waals surface area contributed by atoms with Gasteiger partial charge in [-0.2, -0.15) is 15.6 Å². The summed E-state index contributed by atoms with van der Waals surface area (Å²) in [5.74, 6) is 0.472. The van der Waals surface area contributed by atoms with Gasteiger partial charge in [0.2, 0.25) is 10.0 Å². The van der Waals surface area contributed by atoms with Gasteiger partial charge >= 0.3 is 0 Å². The summed E-state index contributed by atoms with van der Waals surface area (Å²) >= 11 is 1.70. The van der Waals surface area contributed by atoms with Crippen LogP contribution in [0.25, 0.3) is 10.8 Å². The van der Waals surface area contributed by atoms with Gasteiger partial charge in [-0.1, -0.05) is 12.1 Å². The van der Waals surface area contributed by atoms with E-state index in [2.05, 4.69) is 21.8 Å². The lowest BCUT2D eigenvalue weighted by atomic mass is 9.92. The summed E-state index contributed by atoms with van der Waals surface area (Å²) in [5, 5.41) is 5.86. The topological polar surface area (TPSA) is 50.3 Å². The first-order valence-electron chi connectivity index (χ1n) is 8.01. The molecule has 0 bridgehead atoms. The molecule has 0 saturated carbocycles. The van der Waals surface area contributed by atoms with Gasteiger partial charge < -0.3 is 0 Å². The highest BCUT2D eigenvalue weighted by Gasteiger charge is 2.31. The van der Waals surface area contributed by atoms with Gasteiger partial charge in [-0.25, -0.2) is 8.42 Å². The Morgan fingerprint density at radius 3 is 2.71 bits per heavy atom. The second kappa shape index (κ2) is 6.27. The van der Waals surface area contributed by atoms with Gasteiger partial charge in [0, 0.05) is 36.3 Å². The average molecular weight is 358 g/mol. The number of hydrogen-bond acceptors (Lipinski definition) is 4. The van der Waals surface area contributed by atoms with Gasteiger partial charge in [0.15, 0.2) is 0 Å². The molecule has 0 spiro atoms. The molecule has 0 amide bonds. The Balaban J connectivity index is 1.62. The molecule has 1 fully saturated rings. The predicted molar refractivity (Wildman–Crippen MR) is 96.8 cm³/mol. The van der Waals surface area contributed by atoms with Crippen molar-refractivity contribution in [2.45, 2.75) is 23.7 Å². The molecule has 24 heavy (non-hydrogen) atoms. The lowest BCUT2D eigenvalue weighted by molar-refractivity contribution is 0.320. The van der Waals surface area contributed by atoms with Crippen molar-refractivity contribution in [2.24, 2.45) is 0 Å². The third kappa shape index (κ3) is 2.75. The monoisotopic (exact) mass is 358 g/mol. The van der Waals surface area contributed by atoms with Gasteiger partial charge in [0.1, 0.15) is 0 Å². The van der Waals surface area contributed by atoms with E-state index in [0.29, 0.717) is 23.9 Å². The van der Waals surface area contributed by atoms with E-state index < -0.39 is 10.0 Å². The first kappa shape index (κ1) is 15.7. The summed E-state index contributed by atoms with van der Waals surface area (Å²) in [4.78, 5) is 4.47. The van der Waals surface area contributed by atoms with Crippen LogP contribution >= 0.6 is 11.3 Å². The molecule has 0 unspecified atom stereocenters. The SMILES string of the molecule is O=S(=O)(c1cccc2cnccc12)N1CCC(c2ccsc2)CC1. The van der Waals surface area contributed by atoms with Crippen molar-refractivity contribution >= 4 is 32.1 Å². The molecule has 0 radical (unpaired) electrons. The quantitative estimate of drug-likeness (QED) is 0.714. The largest absolute Gasteiger partial charge is 0.264 e. The Hall–Kier alpha value is -1.76. The summed E-state index contributed by atoms with van der Waals surface area (Å²) in [5.41, 5.74) is 1.34. The molecule has 0 aliphatic carbocycles. The summed E-state index contributed by atoms with van der Waals surface area (Å²) in [7, 11) is -3.47. The molecule has 2 aromatic heterocycles. The van der Waals surface area contributed by atoms with Crippen molar-refractivity contribution in [3.05, 3.63) is 59.0 Å². The number of nitrogens with zero attached hydrogens (tertiary/aromatic N) is 2. The minimum atomic E-state index is -3.47. The fraction of sp³-hybridized carbons (Fsp3) is 0.278. The molecule has 3 heterocycles. The highest BCUT2D eigenvalue weighted by atomic mass is 32.2. The van der Waals surface area contributed by atoms with Crippen LogP contribution in [-0.2, 0) is 10.0 Å². The Morgan fingerprint density at radius 1 is 1.12 bits per heavy atom. The second-order valence-corrected chi connectivity index (χ2v) is 8.77. The van der Waals surface area contributed by atoms with E-state index in [4.69, 9.17) is 0 Å². The van der Waals surface area contributed by atoms with Gasteiger partial charge in [-0.05, 0) is 53.3 Å². The number of rotatable bonds is 3. The Labute approximate surface area is 145 Å². The Kier molecular flexibility index (Phi) is 4.12. The van der Waals surface area contributed by atoms with Crippen molar-refractivity contribution in [1.29, 1.82) is 0 Å². The molecule has 4 nitrogen and oxygen atoms in total. The molecule has 4 rings (SSSR count). The zero-order valence-electron chi connectivity index (χ0n) is 13.1. The van der Waals surface area contributed by atoms with Crippen LogP contribution in [0.3, 0.4) is 0 Å². The van der Waals surface area contributed by atoms with Crippen LogP contribution in [0.1, 0.15) is 24.3 Å². The van der Waals surface area contributed by atoms with Gasteiger partial charge in [0.25, 0.3) is 0 Å². The lowest BCUT2D eigenvalue weighted by Gasteiger charge is -2.31. The standard InChI is InChI=1S/C18H18N2O2S2/c21-24(22,18-3-1-2-15-12-19-8-4-17(15)18)20-9-5-14(6-10-20)16-7-11-23-13-16/h1-4,7-8,11-14H,5-6,9-10H2. The van der Waals surface area contributed by atoms with E-state index in [0.717, 1.165) is 23.6 Å². The van der Waals surface area contributed by atoms with E-state index in [1.54, 1.807) is 46.2 Å². The molecule has 0 atom stereocenters. The normalized spacial score (nSPS) is 17.3. The van der Waals surface area contributed by atoms with E-state index in [9.17, 15) is 8.42 Å². The number of thiophene rings is 1. The first-order chi connectivity index (χ1) is 11.7. The van der Waals surface area contributed by atoms with Gasteiger partial charge in [-0.3, -0.25) is 4.98 Å². The number of piperidine rings is 1. The highest BCUT2D eigenvalue weighted by molar-refractivity contribution is 7.89. The van der Waals surface area contributed by atoms with Gasteiger partial charge in [-0.15, -0.1) is 0 Å². The van der Waals surface area contributed by atoms with Crippen LogP contribution in [0, 0.1) is 0 Å². The molecule has 3 aromatic rings. The van der Waals surface area contributed by atoms with Crippen molar-refractivity contribution < 1.29 is 8.42 Å². The van der Waals surface area contributed by atoms with Crippen LogP contribution in [-0.4, -0.2) is 30.8 Å².